The van der Waals surface area contributed by atoms with Gasteiger partial charge >= 0.3 is 0 Å². The number of hydrogen-bond donors (Lipinski definition) is 6. The Hall–Kier alpha value is -3.15. The molecular formula is C56H93NO8. The normalized spacial score (nSPS) is 20.9. The SMILES string of the molecule is C/C=C/CC/C=C/CC/C=C/C(O)C(COC1OC(CO)C(O)C(O)C1O)NC(=O)CCCCCCCCCCCCCCCC/C=C\C/C=C\C/C=C\C/C=C\C/C=C\C/C=C\CC. The first kappa shape index (κ1) is 59.9. The van der Waals surface area contributed by atoms with E-state index < -0.39 is 49.5 Å². The third-order valence-corrected chi connectivity index (χ3v) is 11.4. The smallest absolute Gasteiger partial charge is 0.220 e. The lowest BCUT2D eigenvalue weighted by Crippen LogP contribution is -2.60. The minimum atomic E-state index is -1.58. The van der Waals surface area contributed by atoms with Crippen LogP contribution in [-0.4, -0.2) is 87.5 Å². The van der Waals surface area contributed by atoms with Crippen molar-refractivity contribution in [1.82, 2.24) is 5.32 Å². The van der Waals surface area contributed by atoms with Gasteiger partial charge in [-0.25, -0.2) is 0 Å². The van der Waals surface area contributed by atoms with E-state index in [-0.39, 0.29) is 12.5 Å². The highest BCUT2D eigenvalue weighted by Crippen LogP contribution is 2.22. The first-order chi connectivity index (χ1) is 31.8. The van der Waals surface area contributed by atoms with Crippen molar-refractivity contribution in [3.8, 4) is 0 Å². The van der Waals surface area contributed by atoms with E-state index in [2.05, 4.69) is 103 Å². The zero-order valence-electron chi connectivity index (χ0n) is 40.7. The molecule has 0 saturated carbocycles. The minimum absolute atomic E-state index is 0.200. The molecule has 0 bridgehead atoms. The molecule has 1 aliphatic heterocycles. The molecule has 0 radical (unpaired) electrons. The molecule has 1 rings (SSSR count). The summed E-state index contributed by atoms with van der Waals surface area (Å²) in [6.45, 7) is 3.38. The van der Waals surface area contributed by atoms with Crippen molar-refractivity contribution in [3.63, 3.8) is 0 Å². The maximum atomic E-state index is 12.9. The standard InChI is InChI=1S/C56H93NO8/c1-3-5-7-9-11-13-14-15-16-17-18-19-20-21-22-23-24-25-26-27-28-29-30-31-32-33-34-35-36-38-40-42-44-46-52(60)57-49(50(59)45-43-41-39-37-12-10-8-6-4-2)48-64-56-55(63)54(62)53(61)51(47-58)65-56/h4-7,11-13,15-16,18-19,21-22,24-25,37,43,45,49-51,53-56,58-59,61-63H,3,8-10,14,17,20,23,26-36,38-42,44,46-48H2,1-2H3,(H,57,60)/b6-4+,7-5-,13-11-,16-15-,19-18-,22-21-,25-24-,37-12+,45-43+. The van der Waals surface area contributed by atoms with E-state index in [0.29, 0.717) is 6.42 Å². The first-order valence-corrected chi connectivity index (χ1v) is 25.6. The van der Waals surface area contributed by atoms with Crippen LogP contribution in [0.3, 0.4) is 0 Å². The van der Waals surface area contributed by atoms with Gasteiger partial charge in [0.05, 0.1) is 25.4 Å². The van der Waals surface area contributed by atoms with E-state index in [4.69, 9.17) is 9.47 Å². The molecule has 1 heterocycles. The predicted octanol–water partition coefficient (Wildman–Crippen LogP) is 11.8. The second kappa shape index (κ2) is 44.7. The number of allylic oxidation sites excluding steroid dienone is 17. The van der Waals surface area contributed by atoms with Crippen molar-refractivity contribution >= 4 is 5.91 Å². The van der Waals surface area contributed by atoms with Crippen molar-refractivity contribution in [1.29, 1.82) is 0 Å². The summed E-state index contributed by atoms with van der Waals surface area (Å²) in [6.07, 6.45) is 59.0. The van der Waals surface area contributed by atoms with Gasteiger partial charge in [0.2, 0.25) is 5.91 Å². The van der Waals surface area contributed by atoms with Gasteiger partial charge in [0.25, 0.3) is 0 Å². The number of amides is 1. The molecule has 65 heavy (non-hydrogen) atoms. The largest absolute Gasteiger partial charge is 0.394 e. The van der Waals surface area contributed by atoms with Crippen molar-refractivity contribution in [3.05, 3.63) is 109 Å². The number of aliphatic hydroxyl groups excluding tert-OH is 5. The Bertz CT molecular complexity index is 1380. The summed E-state index contributed by atoms with van der Waals surface area (Å²) in [5.41, 5.74) is 0. The van der Waals surface area contributed by atoms with E-state index in [1.54, 1.807) is 6.08 Å². The zero-order chi connectivity index (χ0) is 47.3. The number of carbonyl (C=O) groups is 1. The van der Waals surface area contributed by atoms with Gasteiger partial charge in [-0.2, -0.15) is 0 Å². The van der Waals surface area contributed by atoms with E-state index in [0.717, 1.165) is 83.5 Å². The Kier molecular flexibility index (Phi) is 41.1. The fourth-order valence-electron chi connectivity index (χ4n) is 7.37. The third kappa shape index (κ3) is 34.8. The molecule has 0 aliphatic carbocycles. The third-order valence-electron chi connectivity index (χ3n) is 11.4. The molecule has 0 aromatic carbocycles. The van der Waals surface area contributed by atoms with E-state index in [9.17, 15) is 30.3 Å². The van der Waals surface area contributed by atoms with Gasteiger partial charge in [0.15, 0.2) is 6.29 Å². The molecule has 370 valence electrons. The number of ether oxygens (including phenoxy) is 2. The van der Waals surface area contributed by atoms with Crippen molar-refractivity contribution < 1.29 is 39.8 Å². The lowest BCUT2D eigenvalue weighted by Gasteiger charge is -2.40. The number of rotatable bonds is 41. The van der Waals surface area contributed by atoms with Crippen molar-refractivity contribution in [2.45, 2.75) is 224 Å². The number of nitrogens with one attached hydrogen (secondary N) is 1. The Morgan fingerprint density at radius 3 is 1.48 bits per heavy atom. The summed E-state index contributed by atoms with van der Waals surface area (Å²) in [7, 11) is 0. The number of carbonyl (C=O) groups excluding carboxylic acids is 1. The first-order valence-electron chi connectivity index (χ1n) is 25.6. The van der Waals surface area contributed by atoms with Crippen LogP contribution >= 0.6 is 0 Å². The second-order valence-electron chi connectivity index (χ2n) is 17.2. The molecule has 9 heteroatoms. The van der Waals surface area contributed by atoms with Gasteiger partial charge in [-0.15, -0.1) is 0 Å². The maximum absolute atomic E-state index is 12.9. The van der Waals surface area contributed by atoms with E-state index >= 15 is 0 Å². The Labute approximate surface area is 396 Å². The van der Waals surface area contributed by atoms with Gasteiger partial charge in [0, 0.05) is 6.42 Å². The number of aliphatic hydroxyl groups is 5. The van der Waals surface area contributed by atoms with Crippen molar-refractivity contribution in [2.24, 2.45) is 0 Å². The summed E-state index contributed by atoms with van der Waals surface area (Å²) in [5, 5.41) is 54.0. The van der Waals surface area contributed by atoms with Gasteiger partial charge in [-0.05, 0) is 90.4 Å². The van der Waals surface area contributed by atoms with Crippen molar-refractivity contribution in [2.75, 3.05) is 13.2 Å². The number of hydrogen-bond acceptors (Lipinski definition) is 8. The fraction of sp³-hybridized carbons (Fsp3) is 0.661. The predicted molar refractivity (Wildman–Crippen MR) is 271 cm³/mol. The second-order valence-corrected chi connectivity index (χ2v) is 17.2. The van der Waals surface area contributed by atoms with Crippen LogP contribution in [0.2, 0.25) is 0 Å². The lowest BCUT2D eigenvalue weighted by atomic mass is 9.99. The fourth-order valence-corrected chi connectivity index (χ4v) is 7.37. The lowest BCUT2D eigenvalue weighted by molar-refractivity contribution is -0.302. The molecular weight excluding hydrogens is 815 g/mol. The topological polar surface area (TPSA) is 149 Å². The Morgan fingerprint density at radius 2 is 0.985 bits per heavy atom. The molecule has 1 fully saturated rings. The van der Waals surface area contributed by atoms with Gasteiger partial charge < -0.3 is 40.3 Å². The van der Waals surface area contributed by atoms with Gasteiger partial charge in [-0.1, -0.05) is 193 Å². The van der Waals surface area contributed by atoms with Crippen LogP contribution in [0.15, 0.2) is 109 Å². The molecule has 0 aromatic rings. The molecule has 0 aromatic heterocycles. The van der Waals surface area contributed by atoms with Gasteiger partial charge in [0.1, 0.15) is 24.4 Å². The summed E-state index contributed by atoms with van der Waals surface area (Å²) in [4.78, 5) is 12.9. The highest BCUT2D eigenvalue weighted by molar-refractivity contribution is 5.76. The molecule has 1 aliphatic rings. The Balaban J connectivity index is 2.13. The van der Waals surface area contributed by atoms with Crippen LogP contribution in [0.25, 0.3) is 0 Å². The molecule has 9 nitrogen and oxygen atoms in total. The highest BCUT2D eigenvalue weighted by atomic mass is 16.7. The molecule has 1 amide bonds. The van der Waals surface area contributed by atoms with Crippen LogP contribution in [0.4, 0.5) is 0 Å². The monoisotopic (exact) mass is 908 g/mol. The van der Waals surface area contributed by atoms with Crippen LogP contribution in [0.1, 0.15) is 181 Å². The summed E-state index contributed by atoms with van der Waals surface area (Å²) in [6, 6.07) is -0.832. The van der Waals surface area contributed by atoms with Crippen LogP contribution < -0.4 is 5.32 Å². The maximum Gasteiger partial charge on any atom is 0.220 e. The average Bonchev–Trinajstić information content (AvgIpc) is 3.31. The van der Waals surface area contributed by atoms with Crippen LogP contribution in [-0.2, 0) is 14.3 Å². The average molecular weight is 908 g/mol. The highest BCUT2D eigenvalue weighted by Gasteiger charge is 2.44. The molecule has 1 saturated heterocycles. The number of unbranched alkanes of at least 4 members (excludes halogenated alkanes) is 16. The molecule has 7 atom stereocenters. The summed E-state index contributed by atoms with van der Waals surface area (Å²) < 4.78 is 11.2. The quantitative estimate of drug-likeness (QED) is 0.0262. The van der Waals surface area contributed by atoms with Crippen LogP contribution in [0.5, 0.6) is 0 Å². The molecule has 0 spiro atoms. The van der Waals surface area contributed by atoms with E-state index in [1.807, 2.05) is 19.1 Å². The zero-order valence-corrected chi connectivity index (χ0v) is 40.7. The minimum Gasteiger partial charge on any atom is -0.394 e. The summed E-state index contributed by atoms with van der Waals surface area (Å²) >= 11 is 0. The van der Waals surface area contributed by atoms with Crippen LogP contribution in [0, 0.1) is 0 Å². The van der Waals surface area contributed by atoms with Gasteiger partial charge in [-0.3, -0.25) is 4.79 Å². The van der Waals surface area contributed by atoms with E-state index in [1.165, 1.54) is 77.0 Å². The Morgan fingerprint density at radius 1 is 0.554 bits per heavy atom. The molecule has 6 N–H and O–H groups in total. The molecule has 7 unspecified atom stereocenters. The summed E-state index contributed by atoms with van der Waals surface area (Å²) in [5.74, 6) is -0.200.